The Labute approximate surface area is 270 Å². The van der Waals surface area contributed by atoms with Crippen molar-refractivity contribution in [2.24, 2.45) is 17.8 Å². The SMILES string of the molecule is C=CCCCCCCCCCCCCCCCCCCCC[N+](CCC(C)C(=O)O)(CCC(C)C(=O)O)CCC(C)C(=O)O. The molecular weight excluding hydrogens is 554 g/mol. The van der Waals surface area contributed by atoms with Crippen molar-refractivity contribution in [1.29, 1.82) is 0 Å². The number of carboxylic acid groups (broad SMARTS) is 3. The fourth-order valence-electron chi connectivity index (χ4n) is 6.01. The molecule has 3 atom stereocenters. The summed E-state index contributed by atoms with van der Waals surface area (Å²) in [6.07, 6.45) is 28.2. The smallest absolute Gasteiger partial charge is 0.306 e. The summed E-state index contributed by atoms with van der Waals surface area (Å²) in [5, 5.41) is 28.3. The number of hydrogen-bond acceptors (Lipinski definition) is 3. The Bertz CT molecular complexity index is 694. The first-order valence-corrected chi connectivity index (χ1v) is 18.2. The van der Waals surface area contributed by atoms with Gasteiger partial charge in [-0.2, -0.15) is 0 Å². The van der Waals surface area contributed by atoms with E-state index in [1.807, 2.05) is 6.08 Å². The third-order valence-corrected chi connectivity index (χ3v) is 9.66. The highest BCUT2D eigenvalue weighted by Crippen LogP contribution is 2.22. The monoisotopic (exact) mass is 625 g/mol. The Morgan fingerprint density at radius 3 is 0.977 bits per heavy atom. The van der Waals surface area contributed by atoms with E-state index in [2.05, 4.69) is 6.58 Å². The van der Waals surface area contributed by atoms with Gasteiger partial charge in [-0.3, -0.25) is 14.4 Å². The minimum absolute atomic E-state index is 0.478. The van der Waals surface area contributed by atoms with E-state index in [1.54, 1.807) is 20.8 Å². The number of carbonyl (C=O) groups is 3. The molecule has 0 aromatic carbocycles. The summed E-state index contributed by atoms with van der Waals surface area (Å²) in [7, 11) is 0. The summed E-state index contributed by atoms with van der Waals surface area (Å²) in [6, 6.07) is 0. The predicted molar refractivity (Wildman–Crippen MR) is 182 cm³/mol. The van der Waals surface area contributed by atoms with E-state index in [1.165, 1.54) is 103 Å². The van der Waals surface area contributed by atoms with Crippen LogP contribution >= 0.6 is 0 Å². The molecule has 0 fully saturated rings. The Kier molecular flexibility index (Phi) is 26.2. The average molecular weight is 625 g/mol. The van der Waals surface area contributed by atoms with Gasteiger partial charge in [0.15, 0.2) is 0 Å². The standard InChI is InChI=1S/C37H69NO6/c1-5-6-7-8-9-10-11-12-13-14-15-16-17-18-19-20-21-22-23-24-28-38(29-25-32(2)35(39)40,30-26-33(3)36(41)42)31-27-34(4)37(43)44/h5,32-34H,1,6-31H2,2-4H3,(H2-,39,40,41,42,43,44)/p+1. The van der Waals surface area contributed by atoms with Crippen molar-refractivity contribution in [2.45, 2.75) is 162 Å². The molecule has 0 saturated carbocycles. The van der Waals surface area contributed by atoms with Gasteiger partial charge < -0.3 is 19.8 Å². The van der Waals surface area contributed by atoms with E-state index >= 15 is 0 Å². The van der Waals surface area contributed by atoms with Crippen molar-refractivity contribution in [3.05, 3.63) is 12.7 Å². The lowest BCUT2D eigenvalue weighted by Gasteiger charge is -2.40. The summed E-state index contributed by atoms with van der Waals surface area (Å²) >= 11 is 0. The zero-order chi connectivity index (χ0) is 33.1. The predicted octanol–water partition coefficient (Wildman–Crippen LogP) is 9.73. The van der Waals surface area contributed by atoms with Crippen LogP contribution in [0.4, 0.5) is 0 Å². The second-order valence-corrected chi connectivity index (χ2v) is 13.8. The van der Waals surface area contributed by atoms with Crippen LogP contribution in [-0.4, -0.2) is 63.9 Å². The van der Waals surface area contributed by atoms with Gasteiger partial charge in [0.2, 0.25) is 0 Å². The van der Waals surface area contributed by atoms with Gasteiger partial charge >= 0.3 is 17.9 Å². The number of aliphatic carboxylic acids is 3. The van der Waals surface area contributed by atoms with Gasteiger partial charge in [0.1, 0.15) is 0 Å². The van der Waals surface area contributed by atoms with Gasteiger partial charge in [-0.05, 0) is 25.7 Å². The molecule has 0 amide bonds. The first kappa shape index (κ1) is 42.1. The third kappa shape index (κ3) is 23.5. The number of hydrogen-bond donors (Lipinski definition) is 3. The van der Waals surface area contributed by atoms with E-state index in [0.717, 1.165) is 25.8 Å². The molecule has 7 nitrogen and oxygen atoms in total. The molecule has 0 aliphatic rings. The molecule has 0 saturated heterocycles. The van der Waals surface area contributed by atoms with Crippen molar-refractivity contribution in [3.8, 4) is 0 Å². The lowest BCUT2D eigenvalue weighted by Crippen LogP contribution is -2.52. The Morgan fingerprint density at radius 1 is 0.477 bits per heavy atom. The van der Waals surface area contributed by atoms with E-state index in [-0.39, 0.29) is 0 Å². The summed E-state index contributed by atoms with van der Waals surface area (Å²) in [4.78, 5) is 34.5. The fourth-order valence-corrected chi connectivity index (χ4v) is 6.01. The van der Waals surface area contributed by atoms with E-state index in [9.17, 15) is 29.7 Å². The molecule has 0 spiro atoms. The second-order valence-electron chi connectivity index (χ2n) is 13.8. The van der Waals surface area contributed by atoms with Crippen LogP contribution in [0.15, 0.2) is 12.7 Å². The molecule has 0 aliphatic carbocycles. The van der Waals surface area contributed by atoms with Crippen LogP contribution in [0.2, 0.25) is 0 Å². The van der Waals surface area contributed by atoms with Crippen molar-refractivity contribution in [2.75, 3.05) is 26.2 Å². The molecule has 0 aromatic rings. The molecule has 3 unspecified atom stereocenters. The van der Waals surface area contributed by atoms with Gasteiger partial charge in [-0.1, -0.05) is 123 Å². The van der Waals surface area contributed by atoms with Gasteiger partial charge in [0.05, 0.1) is 43.9 Å². The molecule has 258 valence electrons. The highest BCUT2D eigenvalue weighted by molar-refractivity contribution is 5.70. The van der Waals surface area contributed by atoms with Crippen LogP contribution in [0.5, 0.6) is 0 Å². The largest absolute Gasteiger partial charge is 0.481 e. The summed E-state index contributed by atoms with van der Waals surface area (Å²) in [5.74, 6) is -3.90. The zero-order valence-electron chi connectivity index (χ0n) is 28.9. The highest BCUT2D eigenvalue weighted by Gasteiger charge is 2.31. The van der Waals surface area contributed by atoms with E-state index in [4.69, 9.17) is 0 Å². The van der Waals surface area contributed by atoms with Crippen molar-refractivity contribution in [3.63, 3.8) is 0 Å². The molecule has 0 rings (SSSR count). The number of rotatable bonds is 33. The Hall–Kier alpha value is -1.89. The molecule has 0 bridgehead atoms. The van der Waals surface area contributed by atoms with Crippen molar-refractivity contribution < 1.29 is 34.2 Å². The topological polar surface area (TPSA) is 112 Å². The van der Waals surface area contributed by atoms with Crippen LogP contribution in [0.1, 0.15) is 162 Å². The number of nitrogens with zero attached hydrogens (tertiary/aromatic N) is 1. The third-order valence-electron chi connectivity index (χ3n) is 9.66. The molecule has 0 aliphatic heterocycles. The van der Waals surface area contributed by atoms with Crippen LogP contribution in [0, 0.1) is 17.8 Å². The van der Waals surface area contributed by atoms with E-state index in [0.29, 0.717) is 43.4 Å². The molecular formula is C37H70NO6+. The quantitative estimate of drug-likeness (QED) is 0.0381. The maximum Gasteiger partial charge on any atom is 0.306 e. The first-order chi connectivity index (χ1) is 21.0. The Balaban J connectivity index is 4.35. The Morgan fingerprint density at radius 2 is 0.727 bits per heavy atom. The first-order valence-electron chi connectivity index (χ1n) is 18.2. The molecule has 0 radical (unpaired) electrons. The molecule has 7 heteroatoms. The van der Waals surface area contributed by atoms with Crippen molar-refractivity contribution in [1.82, 2.24) is 0 Å². The minimum atomic E-state index is -0.822. The lowest BCUT2D eigenvalue weighted by molar-refractivity contribution is -0.929. The second kappa shape index (κ2) is 27.4. The fraction of sp³-hybridized carbons (Fsp3) is 0.865. The van der Waals surface area contributed by atoms with Gasteiger partial charge in [-0.15, -0.1) is 6.58 Å². The summed E-state index contributed by atoms with van der Waals surface area (Å²) in [6.45, 7) is 11.7. The number of allylic oxidation sites excluding steroid dienone is 1. The maximum atomic E-state index is 11.5. The summed E-state index contributed by atoms with van der Waals surface area (Å²) < 4.78 is 0.614. The van der Waals surface area contributed by atoms with E-state index < -0.39 is 35.7 Å². The van der Waals surface area contributed by atoms with Crippen LogP contribution < -0.4 is 0 Å². The average Bonchev–Trinajstić information content (AvgIpc) is 2.99. The van der Waals surface area contributed by atoms with Gasteiger partial charge in [0, 0.05) is 19.3 Å². The lowest BCUT2D eigenvalue weighted by atomic mass is 10.0. The van der Waals surface area contributed by atoms with Crippen LogP contribution in [0.25, 0.3) is 0 Å². The van der Waals surface area contributed by atoms with Gasteiger partial charge in [0.25, 0.3) is 0 Å². The highest BCUT2D eigenvalue weighted by atomic mass is 16.4. The van der Waals surface area contributed by atoms with Crippen molar-refractivity contribution >= 4 is 17.9 Å². The minimum Gasteiger partial charge on any atom is -0.481 e. The number of quaternary nitrogens is 1. The van der Waals surface area contributed by atoms with Crippen LogP contribution in [-0.2, 0) is 14.4 Å². The van der Waals surface area contributed by atoms with Gasteiger partial charge in [-0.25, -0.2) is 0 Å². The molecule has 44 heavy (non-hydrogen) atoms. The normalized spacial score (nSPS) is 14.9. The molecule has 0 aromatic heterocycles. The molecule has 3 N–H and O–H groups in total. The van der Waals surface area contributed by atoms with Crippen LogP contribution in [0.3, 0.4) is 0 Å². The molecule has 0 heterocycles. The maximum absolute atomic E-state index is 11.5. The zero-order valence-corrected chi connectivity index (χ0v) is 28.9. The number of unbranched alkanes of at least 4 members (excludes halogenated alkanes) is 18. The summed E-state index contributed by atoms with van der Waals surface area (Å²) in [5.41, 5.74) is 0. The number of carboxylic acids is 3.